The Balaban J connectivity index is 1.03. The molecule has 4 aromatic carbocycles. The van der Waals surface area contributed by atoms with Gasteiger partial charge in [0.15, 0.2) is 0 Å². The molecule has 7 aromatic rings. The van der Waals surface area contributed by atoms with Gasteiger partial charge in [-0.1, -0.05) is 104 Å². The van der Waals surface area contributed by atoms with E-state index in [0.29, 0.717) is 35.4 Å². The van der Waals surface area contributed by atoms with Crippen molar-refractivity contribution in [2.45, 2.75) is 168 Å². The fourth-order valence-electron chi connectivity index (χ4n) is 14.0. The lowest BCUT2D eigenvalue weighted by Crippen LogP contribution is -2.56. The number of hydrogen-bond donors (Lipinski definition) is 0. The molecular weight excluding hydrogens is 917 g/mol. The molecule has 4 bridgehead atoms. The van der Waals surface area contributed by atoms with E-state index in [2.05, 4.69) is 136 Å². The molecule has 390 valence electrons. The van der Waals surface area contributed by atoms with E-state index in [0.717, 1.165) is 156 Å². The molecule has 10 heteroatoms. The molecule has 6 saturated heterocycles. The molecule has 0 radical (unpaired) electrons. The van der Waals surface area contributed by atoms with Crippen LogP contribution in [-0.4, -0.2) is 80.4 Å². The third-order valence-electron chi connectivity index (χ3n) is 17.8. The fraction of sp³-hybridized carbons (Fsp3) is 0.531. The van der Waals surface area contributed by atoms with E-state index < -0.39 is 0 Å². The Hall–Kier alpha value is -5.58. The minimum atomic E-state index is -0.340. The Kier molecular flexibility index (Phi) is 15.5. The van der Waals surface area contributed by atoms with Crippen LogP contribution in [0.3, 0.4) is 0 Å². The van der Waals surface area contributed by atoms with Crippen LogP contribution in [0.15, 0.2) is 97.3 Å². The Labute approximate surface area is 439 Å². The number of rotatable bonds is 22. The summed E-state index contributed by atoms with van der Waals surface area (Å²) in [5.41, 5.74) is 4.10. The van der Waals surface area contributed by atoms with Gasteiger partial charge in [0.1, 0.15) is 23.7 Å². The van der Waals surface area contributed by atoms with Crippen molar-refractivity contribution in [2.24, 2.45) is 23.7 Å². The van der Waals surface area contributed by atoms with Gasteiger partial charge < -0.3 is 18.9 Å². The quantitative estimate of drug-likeness (QED) is 0.0611. The summed E-state index contributed by atoms with van der Waals surface area (Å²) in [6.07, 6.45) is 19.0. The number of hydrogen-bond acceptors (Lipinski definition) is 10. The molecule has 10 nitrogen and oxygen atoms in total. The van der Waals surface area contributed by atoms with Crippen molar-refractivity contribution in [1.29, 1.82) is 0 Å². The average molecular weight is 997 g/mol. The topological polar surface area (TPSA) is 95.0 Å². The van der Waals surface area contributed by atoms with Crippen LogP contribution < -0.4 is 18.9 Å². The zero-order valence-electron chi connectivity index (χ0n) is 45.1. The van der Waals surface area contributed by atoms with Crippen molar-refractivity contribution in [1.82, 2.24) is 30.0 Å². The highest BCUT2D eigenvalue weighted by atomic mass is 16.5. The van der Waals surface area contributed by atoms with Crippen molar-refractivity contribution < 1.29 is 18.9 Å². The highest BCUT2D eigenvalue weighted by Gasteiger charge is 2.46. The maximum absolute atomic E-state index is 7.62. The summed E-state index contributed by atoms with van der Waals surface area (Å²) in [4.78, 5) is 15.2. The predicted molar refractivity (Wildman–Crippen MR) is 299 cm³/mol. The van der Waals surface area contributed by atoms with Gasteiger partial charge in [-0.2, -0.15) is 0 Å². The molecule has 9 heterocycles. The minimum Gasteiger partial charge on any atom is -0.490 e. The molecular formula is C64H80N6O4. The molecule has 6 aliphatic heterocycles. The van der Waals surface area contributed by atoms with Crippen LogP contribution >= 0.6 is 0 Å². The zero-order chi connectivity index (χ0) is 50.7. The van der Waals surface area contributed by atoms with E-state index in [9.17, 15) is 0 Å². The van der Waals surface area contributed by atoms with Crippen molar-refractivity contribution in [2.75, 3.05) is 26.2 Å². The summed E-state index contributed by atoms with van der Waals surface area (Å²) in [6, 6.07) is 30.6. The third-order valence-corrected chi connectivity index (χ3v) is 17.8. The van der Waals surface area contributed by atoms with Gasteiger partial charge in [0, 0.05) is 47.4 Å². The maximum atomic E-state index is 7.62. The first-order valence-corrected chi connectivity index (χ1v) is 29.0. The van der Waals surface area contributed by atoms with Crippen LogP contribution in [0.25, 0.3) is 43.4 Å². The largest absolute Gasteiger partial charge is 0.490 e. The maximum Gasteiger partial charge on any atom is 0.242 e. The number of benzene rings is 4. The van der Waals surface area contributed by atoms with Crippen molar-refractivity contribution in [3.63, 3.8) is 0 Å². The van der Waals surface area contributed by atoms with Crippen LogP contribution in [0.4, 0.5) is 0 Å². The smallest absolute Gasteiger partial charge is 0.242 e. The van der Waals surface area contributed by atoms with Crippen molar-refractivity contribution >= 4 is 43.4 Å². The second-order valence-corrected chi connectivity index (χ2v) is 22.5. The lowest BCUT2D eigenvalue weighted by molar-refractivity contribution is -0.0505. The summed E-state index contributed by atoms with van der Waals surface area (Å²) < 4.78 is 28.8. The first-order valence-electron chi connectivity index (χ1n) is 29.0. The molecule has 13 rings (SSSR count). The second-order valence-electron chi connectivity index (χ2n) is 22.5. The van der Waals surface area contributed by atoms with Crippen LogP contribution in [0.2, 0.25) is 0 Å². The molecule has 0 amide bonds. The van der Waals surface area contributed by atoms with Crippen molar-refractivity contribution in [3.05, 3.63) is 108 Å². The van der Waals surface area contributed by atoms with Gasteiger partial charge in [-0.15, -0.1) is 10.2 Å². The summed E-state index contributed by atoms with van der Waals surface area (Å²) in [5.74, 6) is 5.50. The predicted octanol–water partition coefficient (Wildman–Crippen LogP) is 15.1. The number of nitrogens with zero attached hydrogens (tertiary/aromatic N) is 6. The van der Waals surface area contributed by atoms with Crippen LogP contribution in [0.5, 0.6) is 23.3 Å². The average Bonchev–Trinajstić information content (AvgIpc) is 3.44. The van der Waals surface area contributed by atoms with Crippen molar-refractivity contribution in [3.8, 4) is 23.3 Å². The standard InChI is InChI=1S/C64H80N6O4/c1-7-15-47(16-8-2)71-49-21-23-57-53(37-49)51(25-29-65-57)61(59-35-45-27-31-69(59)39-41(45)11-5)73-63-55-33-43-19-13-14-20-44(43)34-56(55)64(68-67-63)74-62(60-36-46-28-32-70(60)40-42(46)12-6)52-26-30-66-58-24-22-50(38-54(52)58)72-48(17-9-3)18-10-4/h13-14,19-26,29-30,33-34,37-38,41-42,45-48,59-62H,7-12,15-18,27-28,31-32,35-36,39-40H2,1-6H3/t41-,42-,45-,46-,59+,60+,61-,62-/m0/s1. The fourth-order valence-corrected chi connectivity index (χ4v) is 14.0. The van der Waals surface area contributed by atoms with Crippen LogP contribution in [0, 0.1) is 23.7 Å². The Bertz CT molecular complexity index is 2820. The molecule has 6 aliphatic rings. The lowest BCUT2D eigenvalue weighted by Gasteiger charge is -2.52. The summed E-state index contributed by atoms with van der Waals surface area (Å²) in [7, 11) is 0. The number of piperidine rings is 6. The number of pyridine rings is 2. The zero-order valence-corrected chi connectivity index (χ0v) is 45.1. The van der Waals surface area contributed by atoms with Gasteiger partial charge in [0.25, 0.3) is 0 Å². The number of fused-ring (bicyclic) bond motifs is 10. The molecule has 0 spiro atoms. The van der Waals surface area contributed by atoms with Gasteiger partial charge in [-0.3, -0.25) is 19.8 Å². The van der Waals surface area contributed by atoms with Crippen LogP contribution in [0.1, 0.15) is 155 Å². The Morgan fingerprint density at radius 3 is 1.31 bits per heavy atom. The Morgan fingerprint density at radius 2 is 0.932 bits per heavy atom. The van der Waals surface area contributed by atoms with E-state index in [1.807, 2.05) is 12.4 Å². The molecule has 0 aliphatic carbocycles. The van der Waals surface area contributed by atoms with Gasteiger partial charge in [0.05, 0.1) is 46.1 Å². The number of ether oxygens (including phenoxy) is 4. The summed E-state index contributed by atoms with van der Waals surface area (Å²) >= 11 is 0. The van der Waals surface area contributed by atoms with E-state index in [-0.39, 0.29) is 36.5 Å². The first kappa shape index (κ1) is 50.6. The minimum absolute atomic E-state index is 0.146. The van der Waals surface area contributed by atoms with E-state index >= 15 is 0 Å². The van der Waals surface area contributed by atoms with E-state index in [1.165, 1.54) is 25.7 Å². The number of aromatic nitrogens is 4. The highest BCUT2D eigenvalue weighted by Crippen LogP contribution is 2.48. The monoisotopic (exact) mass is 997 g/mol. The first-order chi connectivity index (χ1) is 36.4. The molecule has 3 aromatic heterocycles. The lowest BCUT2D eigenvalue weighted by atomic mass is 9.72. The summed E-state index contributed by atoms with van der Waals surface area (Å²) in [5, 5.41) is 16.5. The van der Waals surface area contributed by atoms with E-state index in [1.54, 1.807) is 0 Å². The van der Waals surface area contributed by atoms with Gasteiger partial charge in [0.2, 0.25) is 11.8 Å². The molecule has 2 unspecified atom stereocenters. The SMILES string of the molecule is CCCC(CCC)Oc1ccc2nccc([C@H](Oc3nnc(O[C@@H](c4ccnc5ccc(OC(CCC)CCC)cc45)[C@H]4C[C@@H]5CCN4C[C@@H]5CC)c4cc5ccccc5cc34)[C@H]3C[C@@H]4CCN3C[C@@H]4CC)c2c1. The van der Waals surface area contributed by atoms with E-state index in [4.69, 9.17) is 39.1 Å². The van der Waals surface area contributed by atoms with Gasteiger partial charge in [-0.05, 0) is 160 Å². The van der Waals surface area contributed by atoms with Crippen LogP contribution in [-0.2, 0) is 0 Å². The molecule has 10 atom stereocenters. The molecule has 0 N–H and O–H groups in total. The van der Waals surface area contributed by atoms with Gasteiger partial charge >= 0.3 is 0 Å². The molecule has 0 saturated carbocycles. The normalized spacial score (nSPS) is 24.3. The molecule has 74 heavy (non-hydrogen) atoms. The highest BCUT2D eigenvalue weighted by molar-refractivity contribution is 6.02. The Morgan fingerprint density at radius 1 is 0.500 bits per heavy atom. The molecule has 6 fully saturated rings. The third kappa shape index (κ3) is 10.3. The second kappa shape index (κ2) is 22.7. The van der Waals surface area contributed by atoms with Gasteiger partial charge in [-0.25, -0.2) is 0 Å². The summed E-state index contributed by atoms with van der Waals surface area (Å²) in [6.45, 7) is 18.0.